The number of ketones is 1. The molecule has 2 atom stereocenters. The van der Waals surface area contributed by atoms with Crippen LogP contribution in [-0.4, -0.2) is 25.7 Å². The molecule has 1 saturated carbocycles. The normalized spacial score (nSPS) is 35.2. The van der Waals surface area contributed by atoms with E-state index in [4.69, 9.17) is 4.74 Å². The maximum Gasteiger partial charge on any atom is 0.155 e. The molecule has 0 aliphatic heterocycles. The van der Waals surface area contributed by atoms with Crippen LogP contribution in [0.15, 0.2) is 11.6 Å². The van der Waals surface area contributed by atoms with E-state index < -0.39 is 0 Å². The molecule has 0 heterocycles. The Labute approximate surface area is 90.9 Å². The van der Waals surface area contributed by atoms with E-state index in [1.54, 1.807) is 0 Å². The van der Waals surface area contributed by atoms with Crippen molar-refractivity contribution in [1.82, 2.24) is 5.32 Å². The number of rotatable bonds is 3. The van der Waals surface area contributed by atoms with Crippen molar-refractivity contribution in [3.63, 3.8) is 0 Å². The maximum atomic E-state index is 11.3. The van der Waals surface area contributed by atoms with Crippen LogP contribution in [0.1, 0.15) is 32.6 Å². The van der Waals surface area contributed by atoms with Gasteiger partial charge in [-0.25, -0.2) is 0 Å². The van der Waals surface area contributed by atoms with E-state index in [1.165, 1.54) is 5.57 Å². The van der Waals surface area contributed by atoms with Crippen molar-refractivity contribution in [2.24, 2.45) is 5.41 Å². The Balaban J connectivity index is 2.12. The summed E-state index contributed by atoms with van der Waals surface area (Å²) in [6.45, 7) is 2.83. The van der Waals surface area contributed by atoms with Crippen LogP contribution in [0.3, 0.4) is 0 Å². The van der Waals surface area contributed by atoms with Gasteiger partial charge in [0, 0.05) is 11.8 Å². The zero-order valence-corrected chi connectivity index (χ0v) is 9.51. The minimum absolute atomic E-state index is 0.116. The van der Waals surface area contributed by atoms with E-state index in [9.17, 15) is 4.79 Å². The third kappa shape index (κ3) is 1.86. The lowest BCUT2D eigenvalue weighted by molar-refractivity contribution is -0.116. The monoisotopic (exact) mass is 209 g/mol. The largest absolute Gasteiger partial charge is 0.362 e. The van der Waals surface area contributed by atoms with E-state index in [2.05, 4.69) is 12.2 Å². The Morgan fingerprint density at radius 3 is 3.13 bits per heavy atom. The number of nitrogens with one attached hydrogen (secondary N) is 1. The molecule has 0 spiro atoms. The summed E-state index contributed by atoms with van der Waals surface area (Å²) >= 11 is 0. The fourth-order valence-electron chi connectivity index (χ4n) is 2.76. The van der Waals surface area contributed by atoms with Crippen LogP contribution in [0.25, 0.3) is 0 Å². The van der Waals surface area contributed by atoms with Gasteiger partial charge in [0.1, 0.15) is 0 Å². The molecule has 0 saturated heterocycles. The molecule has 0 amide bonds. The zero-order chi connectivity index (χ0) is 10.9. The van der Waals surface area contributed by atoms with Crippen LogP contribution < -0.4 is 5.32 Å². The van der Waals surface area contributed by atoms with Crippen molar-refractivity contribution in [2.75, 3.05) is 13.8 Å². The summed E-state index contributed by atoms with van der Waals surface area (Å²) in [4.78, 5) is 11.3. The molecule has 1 fully saturated rings. The number of ether oxygens (including phenoxy) is 1. The first-order valence-corrected chi connectivity index (χ1v) is 5.67. The molecular formula is C12H19NO2. The molecule has 0 unspecified atom stereocenters. The Kier molecular flexibility index (Phi) is 2.94. The van der Waals surface area contributed by atoms with Crippen molar-refractivity contribution >= 4 is 5.78 Å². The summed E-state index contributed by atoms with van der Waals surface area (Å²) in [5.41, 5.74) is 1.42. The summed E-state index contributed by atoms with van der Waals surface area (Å²) in [6, 6.07) is 0. The average molecular weight is 209 g/mol. The highest BCUT2D eigenvalue weighted by molar-refractivity contribution is 5.91. The molecule has 0 bridgehead atoms. The third-order valence-corrected chi connectivity index (χ3v) is 3.77. The Hall–Kier alpha value is -0.670. The summed E-state index contributed by atoms with van der Waals surface area (Å²) in [7, 11) is 1.89. The van der Waals surface area contributed by atoms with Gasteiger partial charge in [-0.05, 0) is 32.4 Å². The van der Waals surface area contributed by atoms with Crippen LogP contribution in [-0.2, 0) is 9.53 Å². The standard InChI is InChI=1S/C12H19NO2/c1-12-6-5-10(14)7-9(12)3-4-11(12)15-8-13-2/h7,11,13H,3-6,8H2,1-2H3/t11-,12-/m0/s1. The number of allylic oxidation sites excluding steroid dienone is 1. The molecule has 84 valence electrons. The predicted octanol–water partition coefficient (Wildman–Crippen LogP) is 1.64. The minimum atomic E-state index is 0.116. The molecule has 3 nitrogen and oxygen atoms in total. The SMILES string of the molecule is CNCO[C@H]1CCC2=CC(=O)CC[C@@]21C. The summed E-state index contributed by atoms with van der Waals surface area (Å²) in [5.74, 6) is 0.289. The fraction of sp³-hybridized carbons (Fsp3) is 0.750. The number of carbonyl (C=O) groups is 1. The Morgan fingerprint density at radius 2 is 2.40 bits per heavy atom. The van der Waals surface area contributed by atoms with Crippen molar-refractivity contribution in [2.45, 2.75) is 38.7 Å². The molecule has 3 heteroatoms. The van der Waals surface area contributed by atoms with Gasteiger partial charge in [-0.3, -0.25) is 10.1 Å². The highest BCUT2D eigenvalue weighted by Crippen LogP contribution is 2.49. The lowest BCUT2D eigenvalue weighted by atomic mass is 9.74. The van der Waals surface area contributed by atoms with Crippen LogP contribution in [0.5, 0.6) is 0 Å². The molecule has 15 heavy (non-hydrogen) atoms. The van der Waals surface area contributed by atoms with Gasteiger partial charge in [0.25, 0.3) is 0 Å². The van der Waals surface area contributed by atoms with Crippen LogP contribution >= 0.6 is 0 Å². The summed E-state index contributed by atoms with van der Waals surface area (Å²) in [5, 5.41) is 3.01. The second-order valence-corrected chi connectivity index (χ2v) is 4.75. The summed E-state index contributed by atoms with van der Waals surface area (Å²) in [6.07, 6.45) is 5.84. The van der Waals surface area contributed by atoms with E-state index in [1.807, 2.05) is 13.1 Å². The molecule has 1 N–H and O–H groups in total. The number of hydrogen-bond acceptors (Lipinski definition) is 3. The van der Waals surface area contributed by atoms with Gasteiger partial charge in [-0.15, -0.1) is 0 Å². The fourth-order valence-corrected chi connectivity index (χ4v) is 2.76. The van der Waals surface area contributed by atoms with Gasteiger partial charge in [-0.1, -0.05) is 12.5 Å². The first-order chi connectivity index (χ1) is 7.16. The van der Waals surface area contributed by atoms with Crippen molar-refractivity contribution in [3.8, 4) is 0 Å². The molecule has 0 radical (unpaired) electrons. The molecule has 2 rings (SSSR count). The lowest BCUT2D eigenvalue weighted by Crippen LogP contribution is -2.35. The Morgan fingerprint density at radius 1 is 1.60 bits per heavy atom. The maximum absolute atomic E-state index is 11.3. The van der Waals surface area contributed by atoms with Crippen LogP contribution in [0.2, 0.25) is 0 Å². The average Bonchev–Trinajstić information content (AvgIpc) is 2.53. The van der Waals surface area contributed by atoms with E-state index in [0.717, 1.165) is 19.3 Å². The zero-order valence-electron chi connectivity index (χ0n) is 9.51. The van der Waals surface area contributed by atoms with Gasteiger partial charge >= 0.3 is 0 Å². The third-order valence-electron chi connectivity index (χ3n) is 3.77. The molecule has 2 aliphatic carbocycles. The van der Waals surface area contributed by atoms with E-state index >= 15 is 0 Å². The first-order valence-electron chi connectivity index (χ1n) is 5.67. The van der Waals surface area contributed by atoms with Gasteiger partial charge in [0.05, 0.1) is 12.8 Å². The van der Waals surface area contributed by atoms with Crippen LogP contribution in [0.4, 0.5) is 0 Å². The van der Waals surface area contributed by atoms with Crippen LogP contribution in [0, 0.1) is 5.41 Å². The van der Waals surface area contributed by atoms with Gasteiger partial charge in [0.15, 0.2) is 5.78 Å². The second-order valence-electron chi connectivity index (χ2n) is 4.75. The summed E-state index contributed by atoms with van der Waals surface area (Å²) < 4.78 is 5.80. The molecule has 0 aromatic heterocycles. The quantitative estimate of drug-likeness (QED) is 0.718. The lowest BCUT2D eigenvalue weighted by Gasteiger charge is -2.35. The van der Waals surface area contributed by atoms with Gasteiger partial charge in [-0.2, -0.15) is 0 Å². The first kappa shape index (κ1) is 10.8. The van der Waals surface area contributed by atoms with Gasteiger partial charge in [0.2, 0.25) is 0 Å². The minimum Gasteiger partial charge on any atom is -0.362 e. The molecule has 0 aromatic rings. The van der Waals surface area contributed by atoms with Crippen molar-refractivity contribution < 1.29 is 9.53 Å². The smallest absolute Gasteiger partial charge is 0.155 e. The topological polar surface area (TPSA) is 38.3 Å². The number of carbonyl (C=O) groups excluding carboxylic acids is 1. The number of fused-ring (bicyclic) bond motifs is 1. The second kappa shape index (κ2) is 4.06. The van der Waals surface area contributed by atoms with Crippen molar-refractivity contribution in [1.29, 1.82) is 0 Å². The predicted molar refractivity (Wildman–Crippen MR) is 58.5 cm³/mol. The van der Waals surface area contributed by atoms with Crippen molar-refractivity contribution in [3.05, 3.63) is 11.6 Å². The molecule has 2 aliphatic rings. The van der Waals surface area contributed by atoms with E-state index in [-0.39, 0.29) is 17.3 Å². The van der Waals surface area contributed by atoms with Gasteiger partial charge < -0.3 is 4.74 Å². The molecular weight excluding hydrogens is 190 g/mol. The van der Waals surface area contributed by atoms with E-state index in [0.29, 0.717) is 13.2 Å². The highest BCUT2D eigenvalue weighted by atomic mass is 16.5. The highest BCUT2D eigenvalue weighted by Gasteiger charge is 2.45. The Bertz CT molecular complexity index is 298. The molecule has 0 aromatic carbocycles. The number of hydrogen-bond donors (Lipinski definition) is 1.